The normalized spacial score (nSPS) is 15.0. The molecular weight excluding hydrogens is 382 g/mol. The molecule has 0 radical (unpaired) electrons. The van der Waals surface area contributed by atoms with Gasteiger partial charge in [0.1, 0.15) is 11.0 Å². The first-order valence-corrected chi connectivity index (χ1v) is 10.3. The highest BCUT2D eigenvalue weighted by Crippen LogP contribution is 2.27. The van der Waals surface area contributed by atoms with Gasteiger partial charge in [-0.1, -0.05) is 36.2 Å². The first-order valence-electron chi connectivity index (χ1n) is 10.3. The van der Waals surface area contributed by atoms with Crippen LogP contribution in [0.4, 0.5) is 0 Å². The number of benzene rings is 1. The van der Waals surface area contributed by atoms with Crippen LogP contribution in [0.5, 0.6) is 5.75 Å². The molecule has 1 fully saturated rings. The van der Waals surface area contributed by atoms with Crippen LogP contribution in [0, 0.1) is 12.8 Å². The van der Waals surface area contributed by atoms with Gasteiger partial charge in [-0.25, -0.2) is 9.78 Å². The molecule has 0 bridgehead atoms. The molecule has 1 saturated carbocycles. The highest BCUT2D eigenvalue weighted by atomic mass is 16.7. The fourth-order valence-corrected chi connectivity index (χ4v) is 4.11. The second kappa shape index (κ2) is 7.78. The third-order valence-corrected chi connectivity index (χ3v) is 5.67. The number of ether oxygens (including phenoxy) is 1. The molecule has 30 heavy (non-hydrogen) atoms. The van der Waals surface area contributed by atoms with E-state index in [0.29, 0.717) is 46.3 Å². The number of imidazole rings is 1. The van der Waals surface area contributed by atoms with Gasteiger partial charge in [0.05, 0.1) is 12.3 Å². The summed E-state index contributed by atoms with van der Waals surface area (Å²) >= 11 is 0. The first kappa shape index (κ1) is 18.6. The molecule has 0 N–H and O–H groups in total. The number of fused-ring (bicyclic) bond motifs is 2. The van der Waals surface area contributed by atoms with E-state index in [1.54, 1.807) is 23.6 Å². The van der Waals surface area contributed by atoms with Crippen LogP contribution in [-0.4, -0.2) is 37.1 Å². The van der Waals surface area contributed by atoms with Crippen LogP contribution in [0.2, 0.25) is 0 Å². The lowest BCUT2D eigenvalue weighted by Crippen LogP contribution is -2.23. The lowest BCUT2D eigenvalue weighted by Gasteiger charge is -2.21. The first-order chi connectivity index (χ1) is 14.7. The topological polar surface area (TPSA) is 83.5 Å². The second-order valence-electron chi connectivity index (χ2n) is 7.76. The molecule has 0 aliphatic heterocycles. The average Bonchev–Trinajstić information content (AvgIpc) is 3.33. The van der Waals surface area contributed by atoms with E-state index in [4.69, 9.17) is 9.57 Å². The van der Waals surface area contributed by atoms with Gasteiger partial charge in [0, 0.05) is 6.20 Å². The van der Waals surface area contributed by atoms with Crippen LogP contribution in [0.15, 0.2) is 42.6 Å². The Morgan fingerprint density at radius 3 is 2.83 bits per heavy atom. The van der Waals surface area contributed by atoms with Crippen LogP contribution < -0.4 is 9.57 Å². The largest absolute Gasteiger partial charge is 0.489 e. The molecule has 0 unspecified atom stereocenters. The standard InChI is InChI=1S/C22H23N5O3/c1-15-20(22(28)30-27-18-11-6-5-10-17(18)24-25-27)26-13-7-12-19(21(26)23-15)29-14-16-8-3-2-4-9-16/h5-7,10-13,16H,2-4,8-9,14H2,1H3. The van der Waals surface area contributed by atoms with Crippen LogP contribution in [0.25, 0.3) is 16.7 Å². The van der Waals surface area contributed by atoms with Crippen LogP contribution >= 0.6 is 0 Å². The van der Waals surface area contributed by atoms with Gasteiger partial charge in [-0.3, -0.25) is 4.40 Å². The van der Waals surface area contributed by atoms with E-state index in [2.05, 4.69) is 15.3 Å². The summed E-state index contributed by atoms with van der Waals surface area (Å²) in [6.45, 7) is 2.46. The maximum atomic E-state index is 13.0. The lowest BCUT2D eigenvalue weighted by atomic mass is 9.90. The number of nitrogens with zero attached hydrogens (tertiary/aromatic N) is 5. The molecule has 0 saturated heterocycles. The number of rotatable bonds is 5. The van der Waals surface area contributed by atoms with Crippen molar-refractivity contribution in [2.45, 2.75) is 39.0 Å². The van der Waals surface area contributed by atoms with E-state index >= 15 is 0 Å². The minimum Gasteiger partial charge on any atom is -0.489 e. The van der Waals surface area contributed by atoms with Gasteiger partial charge in [0.15, 0.2) is 17.1 Å². The fourth-order valence-electron chi connectivity index (χ4n) is 4.11. The molecule has 1 aromatic carbocycles. The summed E-state index contributed by atoms with van der Waals surface area (Å²) in [5, 5.41) is 7.94. The van der Waals surface area contributed by atoms with E-state index in [-0.39, 0.29) is 0 Å². The Morgan fingerprint density at radius 2 is 1.97 bits per heavy atom. The highest BCUT2D eigenvalue weighted by molar-refractivity contribution is 5.91. The zero-order chi connectivity index (χ0) is 20.5. The fraction of sp³-hybridized carbons (Fsp3) is 0.364. The van der Waals surface area contributed by atoms with E-state index in [9.17, 15) is 4.79 Å². The van der Waals surface area contributed by atoms with E-state index in [1.807, 2.05) is 30.3 Å². The number of pyridine rings is 1. The Hall–Kier alpha value is -3.42. The predicted octanol–water partition coefficient (Wildman–Crippen LogP) is 3.62. The van der Waals surface area contributed by atoms with Gasteiger partial charge in [-0.2, -0.15) is 0 Å². The molecule has 0 amide bonds. The molecule has 8 heteroatoms. The molecule has 3 aromatic heterocycles. The monoisotopic (exact) mass is 405 g/mol. The molecule has 1 aliphatic rings. The maximum absolute atomic E-state index is 13.0. The molecule has 0 atom stereocenters. The van der Waals surface area contributed by atoms with Crippen molar-refractivity contribution in [3.63, 3.8) is 0 Å². The SMILES string of the molecule is Cc1nc2c(OCC3CCCCC3)cccn2c1C(=O)On1nnc2ccccc21. The van der Waals surface area contributed by atoms with Crippen molar-refractivity contribution in [3.8, 4) is 5.75 Å². The molecule has 1 aliphatic carbocycles. The van der Waals surface area contributed by atoms with Gasteiger partial charge in [-0.15, -0.1) is 5.10 Å². The van der Waals surface area contributed by atoms with Gasteiger partial charge in [0.2, 0.25) is 0 Å². The number of hydrogen-bond acceptors (Lipinski definition) is 6. The average molecular weight is 405 g/mol. The number of aromatic nitrogens is 5. The smallest absolute Gasteiger partial charge is 0.384 e. The Bertz CT molecular complexity index is 1210. The van der Waals surface area contributed by atoms with Gasteiger partial charge in [-0.05, 0) is 55.2 Å². The van der Waals surface area contributed by atoms with E-state index < -0.39 is 5.97 Å². The van der Waals surface area contributed by atoms with Crippen LogP contribution in [0.3, 0.4) is 0 Å². The van der Waals surface area contributed by atoms with Crippen molar-refractivity contribution in [3.05, 3.63) is 54.0 Å². The lowest BCUT2D eigenvalue weighted by molar-refractivity contribution is 0.0400. The van der Waals surface area contributed by atoms with Crippen molar-refractivity contribution >= 4 is 22.6 Å². The molecule has 3 heterocycles. The molecule has 0 spiro atoms. The minimum absolute atomic E-state index is 0.340. The van der Waals surface area contributed by atoms with Gasteiger partial charge < -0.3 is 9.57 Å². The summed E-state index contributed by atoms with van der Waals surface area (Å²) in [4.78, 5) is 24.2. The zero-order valence-electron chi connectivity index (χ0n) is 16.8. The quantitative estimate of drug-likeness (QED) is 0.472. The Kier molecular flexibility index (Phi) is 4.82. The molecule has 8 nitrogen and oxygen atoms in total. The van der Waals surface area contributed by atoms with Crippen molar-refractivity contribution in [2.24, 2.45) is 5.92 Å². The number of hydrogen-bond donors (Lipinski definition) is 0. The Labute approximate surface area is 173 Å². The second-order valence-corrected chi connectivity index (χ2v) is 7.76. The third-order valence-electron chi connectivity index (χ3n) is 5.67. The van der Waals surface area contributed by atoms with E-state index in [1.165, 1.54) is 32.1 Å². The van der Waals surface area contributed by atoms with Gasteiger partial charge >= 0.3 is 5.97 Å². The predicted molar refractivity (Wildman–Crippen MR) is 110 cm³/mol. The van der Waals surface area contributed by atoms with Crippen molar-refractivity contribution < 1.29 is 14.4 Å². The zero-order valence-corrected chi connectivity index (χ0v) is 16.8. The molecule has 4 aromatic rings. The summed E-state index contributed by atoms with van der Waals surface area (Å²) in [6.07, 6.45) is 8.07. The van der Waals surface area contributed by atoms with E-state index in [0.717, 1.165) is 4.85 Å². The van der Waals surface area contributed by atoms with Crippen molar-refractivity contribution in [2.75, 3.05) is 6.61 Å². The van der Waals surface area contributed by atoms with Crippen LogP contribution in [-0.2, 0) is 0 Å². The summed E-state index contributed by atoms with van der Waals surface area (Å²) < 4.78 is 7.82. The summed E-state index contributed by atoms with van der Waals surface area (Å²) in [6, 6.07) is 11.0. The Balaban J connectivity index is 1.41. The number of carbonyl (C=O) groups is 1. The molecule has 5 rings (SSSR count). The Morgan fingerprint density at radius 1 is 1.13 bits per heavy atom. The summed E-state index contributed by atoms with van der Waals surface area (Å²) in [5.41, 5.74) is 2.79. The van der Waals surface area contributed by atoms with Crippen LogP contribution in [0.1, 0.15) is 48.3 Å². The highest BCUT2D eigenvalue weighted by Gasteiger charge is 2.23. The molecular formula is C22H23N5O3. The summed E-state index contributed by atoms with van der Waals surface area (Å²) in [5.74, 6) is 0.705. The molecule has 154 valence electrons. The number of para-hydroxylation sites is 1. The minimum atomic E-state index is -0.555. The number of carbonyl (C=O) groups excluding carboxylic acids is 1. The number of aryl methyl sites for hydroxylation is 1. The van der Waals surface area contributed by atoms with Crippen molar-refractivity contribution in [1.29, 1.82) is 0 Å². The third kappa shape index (κ3) is 3.38. The van der Waals surface area contributed by atoms with Crippen molar-refractivity contribution in [1.82, 2.24) is 24.5 Å². The summed E-state index contributed by atoms with van der Waals surface area (Å²) in [7, 11) is 0. The van der Waals surface area contributed by atoms with Gasteiger partial charge in [0.25, 0.3) is 0 Å². The maximum Gasteiger partial charge on any atom is 0.384 e.